The lowest BCUT2D eigenvalue weighted by molar-refractivity contribution is -0.140. The third-order valence-corrected chi connectivity index (χ3v) is 3.75. The number of guanidine groups is 1. The summed E-state index contributed by atoms with van der Waals surface area (Å²) in [6.07, 6.45) is 3.32. The number of nitrogens with one attached hydrogen (secondary N) is 3. The molecular weight excluding hydrogens is 432 g/mol. The van der Waals surface area contributed by atoms with Gasteiger partial charge in [-0.2, -0.15) is 0 Å². The zero-order valence-corrected chi connectivity index (χ0v) is 20.7. The van der Waals surface area contributed by atoms with Crippen LogP contribution in [0.25, 0.3) is 0 Å². The third-order valence-electron chi connectivity index (χ3n) is 3.75. The van der Waals surface area contributed by atoms with E-state index in [0.29, 0.717) is 13.1 Å². The van der Waals surface area contributed by atoms with Crippen LogP contribution in [-0.2, 0) is 19.1 Å². The number of ether oxygens (including phenoxy) is 2. The van der Waals surface area contributed by atoms with E-state index in [2.05, 4.69) is 20.9 Å². The van der Waals surface area contributed by atoms with E-state index in [0.717, 1.165) is 38.5 Å². The number of unbranched alkanes of at least 4 members (excludes halogenated alkanes) is 5. The smallest absolute Gasteiger partial charge is 0.437 e. The maximum atomic E-state index is 12.0. The van der Waals surface area contributed by atoms with Crippen LogP contribution >= 0.6 is 0 Å². The van der Waals surface area contributed by atoms with Gasteiger partial charge in [0, 0.05) is 13.1 Å². The third kappa shape index (κ3) is 20.8. The normalized spacial score (nSPS) is 12.0. The molecule has 0 saturated carbocycles. The molecule has 11 heteroatoms. The van der Waals surface area contributed by atoms with Gasteiger partial charge < -0.3 is 25.2 Å². The summed E-state index contributed by atoms with van der Waals surface area (Å²) in [7, 11) is 0. The van der Waals surface area contributed by atoms with E-state index in [-0.39, 0.29) is 5.96 Å². The lowest BCUT2D eigenvalue weighted by atomic mass is 10.1. The Kier molecular flexibility index (Phi) is 13.8. The Morgan fingerprint density at radius 2 is 1.24 bits per heavy atom. The molecule has 0 aliphatic heterocycles. The second kappa shape index (κ2) is 15.1. The van der Waals surface area contributed by atoms with Crippen LogP contribution in [0.15, 0.2) is 4.99 Å². The van der Waals surface area contributed by atoms with Gasteiger partial charge in [-0.15, -0.1) is 4.99 Å². The van der Waals surface area contributed by atoms with Crippen LogP contribution in [0.1, 0.15) is 86.5 Å². The van der Waals surface area contributed by atoms with Crippen LogP contribution < -0.4 is 16.0 Å². The topological polar surface area (TPSA) is 155 Å². The summed E-state index contributed by atoms with van der Waals surface area (Å²) >= 11 is 0. The Morgan fingerprint density at radius 1 is 0.758 bits per heavy atom. The zero-order valence-electron chi connectivity index (χ0n) is 20.7. The molecule has 0 aliphatic carbocycles. The molecule has 0 aliphatic rings. The first kappa shape index (κ1) is 30.1. The number of rotatable bonds is 11. The van der Waals surface area contributed by atoms with Gasteiger partial charge in [0.2, 0.25) is 11.9 Å². The van der Waals surface area contributed by atoms with Gasteiger partial charge in [0.15, 0.2) is 0 Å². The summed E-state index contributed by atoms with van der Waals surface area (Å²) in [6.45, 7) is 11.3. The van der Waals surface area contributed by atoms with Crippen molar-refractivity contribution in [2.24, 2.45) is 4.99 Å². The van der Waals surface area contributed by atoms with Crippen molar-refractivity contribution in [2.75, 3.05) is 13.1 Å². The number of aliphatic imine (C=N–C) groups is 1. The van der Waals surface area contributed by atoms with E-state index >= 15 is 0 Å². The number of alkyl carbamates (subject to hydrolysis) is 1. The number of aliphatic carboxylic acids is 1. The molecule has 190 valence electrons. The van der Waals surface area contributed by atoms with Crippen molar-refractivity contribution in [1.82, 2.24) is 16.0 Å². The van der Waals surface area contributed by atoms with Crippen molar-refractivity contribution < 1.29 is 33.8 Å². The molecule has 0 radical (unpaired) electrons. The molecular formula is C22H40N4O7. The number of hydrogen-bond donors (Lipinski definition) is 4. The van der Waals surface area contributed by atoms with Crippen molar-refractivity contribution in [2.45, 2.75) is 97.7 Å². The molecule has 0 unspecified atom stereocenters. The molecule has 0 heterocycles. The highest BCUT2D eigenvalue weighted by Gasteiger charge is 2.20. The summed E-state index contributed by atoms with van der Waals surface area (Å²) < 4.78 is 10.4. The quantitative estimate of drug-likeness (QED) is 0.154. The Bertz CT molecular complexity index is 679. The Morgan fingerprint density at radius 3 is 1.73 bits per heavy atom. The maximum absolute atomic E-state index is 12.0. The number of carboxylic acids is 1. The van der Waals surface area contributed by atoms with E-state index < -0.39 is 41.7 Å². The van der Waals surface area contributed by atoms with Gasteiger partial charge in [0.1, 0.15) is 17.6 Å². The van der Waals surface area contributed by atoms with Crippen LogP contribution in [0.5, 0.6) is 0 Å². The second-order valence-electron chi connectivity index (χ2n) is 9.54. The molecule has 0 aromatic rings. The van der Waals surface area contributed by atoms with E-state index in [1.807, 2.05) is 0 Å². The van der Waals surface area contributed by atoms with Crippen molar-refractivity contribution in [3.8, 4) is 0 Å². The maximum Gasteiger partial charge on any atom is 0.437 e. The lowest BCUT2D eigenvalue weighted by Gasteiger charge is -2.21. The highest BCUT2D eigenvalue weighted by Crippen LogP contribution is 2.09. The standard InChI is InChI=1S/C22H40N4O7/c1-21(2,3)32-19(30)25-18(26-20(31)33-22(4,5)6)24-14-12-10-8-7-9-11-13-23-16(27)15-17(28)29/h7-15H2,1-6H3,(H,23,27)(H,28,29)(H2,24,25,26,30,31). The van der Waals surface area contributed by atoms with Crippen molar-refractivity contribution in [1.29, 1.82) is 0 Å². The number of nitrogens with zero attached hydrogens (tertiary/aromatic N) is 1. The number of carboxylic acid groups (broad SMARTS) is 1. The molecule has 0 aromatic carbocycles. The van der Waals surface area contributed by atoms with Crippen molar-refractivity contribution in [3.05, 3.63) is 0 Å². The first-order valence-corrected chi connectivity index (χ1v) is 11.2. The molecule has 0 spiro atoms. The van der Waals surface area contributed by atoms with Gasteiger partial charge in [-0.05, 0) is 54.4 Å². The SMILES string of the molecule is CC(C)(C)OC(=O)/N=C(/NCCCCCCCCNC(=O)CC(=O)O)NC(=O)OC(C)(C)C. The molecule has 0 bridgehead atoms. The van der Waals surface area contributed by atoms with Gasteiger partial charge >= 0.3 is 18.2 Å². The average molecular weight is 473 g/mol. The summed E-state index contributed by atoms with van der Waals surface area (Å²) in [5, 5.41) is 16.5. The van der Waals surface area contributed by atoms with Crippen LogP contribution in [0.2, 0.25) is 0 Å². The Balaban J connectivity index is 4.29. The highest BCUT2D eigenvalue weighted by atomic mass is 16.6. The van der Waals surface area contributed by atoms with Gasteiger partial charge in [-0.3, -0.25) is 14.9 Å². The monoisotopic (exact) mass is 472 g/mol. The molecule has 3 amide bonds. The fourth-order valence-corrected chi connectivity index (χ4v) is 2.48. The Labute approximate surface area is 196 Å². The first-order chi connectivity index (χ1) is 15.2. The molecule has 33 heavy (non-hydrogen) atoms. The number of hydrogen-bond acceptors (Lipinski definition) is 6. The van der Waals surface area contributed by atoms with Gasteiger partial charge in [-0.25, -0.2) is 9.59 Å². The van der Waals surface area contributed by atoms with Crippen molar-refractivity contribution >= 4 is 30.0 Å². The molecule has 0 atom stereocenters. The van der Waals surface area contributed by atoms with E-state index in [4.69, 9.17) is 14.6 Å². The van der Waals surface area contributed by atoms with Crippen LogP contribution in [-0.4, -0.2) is 59.4 Å². The molecule has 0 rings (SSSR count). The molecule has 4 N–H and O–H groups in total. The Hall–Kier alpha value is -2.85. The fraction of sp³-hybridized carbons (Fsp3) is 0.773. The van der Waals surface area contributed by atoms with Crippen LogP contribution in [0.4, 0.5) is 9.59 Å². The van der Waals surface area contributed by atoms with E-state index in [1.165, 1.54) is 0 Å². The summed E-state index contributed by atoms with van der Waals surface area (Å²) in [5.41, 5.74) is -1.41. The molecule has 0 fully saturated rings. The number of carbonyl (C=O) groups excluding carboxylic acids is 3. The lowest BCUT2D eigenvalue weighted by Crippen LogP contribution is -2.44. The zero-order chi connectivity index (χ0) is 25.5. The predicted octanol–water partition coefficient (Wildman–Crippen LogP) is 3.32. The molecule has 0 aromatic heterocycles. The van der Waals surface area contributed by atoms with E-state index in [9.17, 15) is 19.2 Å². The average Bonchev–Trinajstić information content (AvgIpc) is 2.59. The van der Waals surface area contributed by atoms with Crippen molar-refractivity contribution in [3.63, 3.8) is 0 Å². The minimum atomic E-state index is -1.14. The van der Waals surface area contributed by atoms with Crippen LogP contribution in [0.3, 0.4) is 0 Å². The molecule has 0 saturated heterocycles. The molecule has 11 nitrogen and oxygen atoms in total. The van der Waals surface area contributed by atoms with Crippen LogP contribution in [0, 0.1) is 0 Å². The van der Waals surface area contributed by atoms with Gasteiger partial charge in [0.25, 0.3) is 0 Å². The minimum absolute atomic E-state index is 0.0318. The summed E-state index contributed by atoms with van der Waals surface area (Å²) in [6, 6.07) is 0. The van der Waals surface area contributed by atoms with Gasteiger partial charge in [0.05, 0.1) is 0 Å². The predicted molar refractivity (Wildman–Crippen MR) is 124 cm³/mol. The minimum Gasteiger partial charge on any atom is -0.481 e. The summed E-state index contributed by atoms with van der Waals surface area (Å²) in [5.74, 6) is -1.64. The second-order valence-corrected chi connectivity index (χ2v) is 9.54. The number of carbonyl (C=O) groups is 4. The van der Waals surface area contributed by atoms with Gasteiger partial charge in [-0.1, -0.05) is 25.7 Å². The largest absolute Gasteiger partial charge is 0.481 e. The highest BCUT2D eigenvalue weighted by molar-refractivity contribution is 5.98. The van der Waals surface area contributed by atoms with E-state index in [1.54, 1.807) is 41.5 Å². The first-order valence-electron chi connectivity index (χ1n) is 11.2. The number of amides is 3. The fourth-order valence-electron chi connectivity index (χ4n) is 2.48. The summed E-state index contributed by atoms with van der Waals surface area (Å²) in [4.78, 5) is 49.4.